The fourth-order valence-corrected chi connectivity index (χ4v) is 6.52. The van der Waals surface area contributed by atoms with E-state index in [1.807, 2.05) is 6.07 Å². The lowest BCUT2D eigenvalue weighted by atomic mass is 10.2. The Morgan fingerprint density at radius 3 is 2.67 bits per heavy atom. The van der Waals surface area contributed by atoms with E-state index in [9.17, 15) is 13.2 Å². The third kappa shape index (κ3) is 5.84. The zero-order valence-corrected chi connectivity index (χ0v) is 20.6. The molecule has 0 saturated heterocycles. The number of ether oxygens (including phenoxy) is 1. The number of nitrogens with one attached hydrogen (secondary N) is 1. The molecule has 1 aliphatic heterocycles. The summed E-state index contributed by atoms with van der Waals surface area (Å²) in [5.74, 6) is 1.10. The summed E-state index contributed by atoms with van der Waals surface area (Å²) in [5.41, 5.74) is 1.09. The monoisotopic (exact) mass is 504 g/mol. The molecule has 11 heteroatoms. The molecule has 0 radical (unpaired) electrons. The Kier molecular flexibility index (Phi) is 7.20. The fraction of sp³-hybridized carbons (Fsp3) is 0.318. The highest BCUT2D eigenvalue weighted by molar-refractivity contribution is 8.01. The second-order valence-corrected chi connectivity index (χ2v) is 12.1. The lowest BCUT2D eigenvalue weighted by Gasteiger charge is -2.34. The predicted molar refractivity (Wildman–Crippen MR) is 131 cm³/mol. The van der Waals surface area contributed by atoms with Crippen LogP contribution in [0.2, 0.25) is 0 Å². The third-order valence-corrected chi connectivity index (χ3v) is 8.85. The van der Waals surface area contributed by atoms with Crippen molar-refractivity contribution in [3.05, 3.63) is 60.2 Å². The molecule has 1 amide bonds. The number of nitrogens with zero attached hydrogens (tertiary/aromatic N) is 3. The average molecular weight is 505 g/mol. The van der Waals surface area contributed by atoms with Gasteiger partial charge < -0.3 is 4.74 Å². The normalized spacial score (nSPS) is 15.7. The van der Waals surface area contributed by atoms with Crippen molar-refractivity contribution in [3.8, 4) is 5.75 Å². The number of anilines is 2. The van der Waals surface area contributed by atoms with E-state index in [1.165, 1.54) is 15.6 Å². The van der Waals surface area contributed by atoms with Crippen molar-refractivity contribution < 1.29 is 17.9 Å². The number of thioether (sulfide) groups is 1. The highest BCUT2D eigenvalue weighted by Crippen LogP contribution is 2.36. The molecule has 1 aliphatic rings. The molecule has 0 saturated carbocycles. The van der Waals surface area contributed by atoms with E-state index in [2.05, 4.69) is 29.4 Å². The molecule has 174 valence electrons. The van der Waals surface area contributed by atoms with Crippen LogP contribution in [0.25, 0.3) is 0 Å². The van der Waals surface area contributed by atoms with Crippen LogP contribution in [-0.4, -0.2) is 42.9 Å². The maximum absolute atomic E-state index is 13.3. The van der Waals surface area contributed by atoms with Crippen LogP contribution in [0.1, 0.15) is 19.4 Å². The highest BCUT2D eigenvalue weighted by atomic mass is 32.2. The van der Waals surface area contributed by atoms with E-state index < -0.39 is 22.0 Å². The van der Waals surface area contributed by atoms with Gasteiger partial charge in [0.25, 0.3) is 5.91 Å². The first kappa shape index (κ1) is 23.5. The largest absolute Gasteiger partial charge is 0.476 e. The van der Waals surface area contributed by atoms with E-state index in [4.69, 9.17) is 4.74 Å². The molecule has 0 unspecified atom stereocenters. The van der Waals surface area contributed by atoms with Crippen LogP contribution in [0, 0.1) is 5.92 Å². The summed E-state index contributed by atoms with van der Waals surface area (Å²) in [6, 6.07) is 15.8. The van der Waals surface area contributed by atoms with E-state index in [-0.39, 0.29) is 12.3 Å². The Balaban J connectivity index is 1.52. The lowest BCUT2D eigenvalue weighted by molar-refractivity contribution is -0.122. The summed E-state index contributed by atoms with van der Waals surface area (Å²) in [5, 5.41) is 11.2. The Labute approximate surface area is 201 Å². The zero-order valence-electron chi connectivity index (χ0n) is 18.2. The Bertz CT molecular complexity index is 1220. The number of aromatic nitrogens is 2. The number of para-hydroxylation sites is 2. The minimum Gasteiger partial charge on any atom is -0.476 e. The van der Waals surface area contributed by atoms with Crippen LogP contribution in [0.3, 0.4) is 0 Å². The van der Waals surface area contributed by atoms with Crippen LogP contribution in [0.5, 0.6) is 5.75 Å². The molecule has 1 aromatic heterocycles. The Hall–Kier alpha value is -2.63. The van der Waals surface area contributed by atoms with Gasteiger partial charge in [0, 0.05) is 5.75 Å². The first-order chi connectivity index (χ1) is 15.8. The number of carbonyl (C=O) groups excluding carboxylic acids is 1. The molecule has 33 heavy (non-hydrogen) atoms. The molecular weight excluding hydrogens is 480 g/mol. The van der Waals surface area contributed by atoms with Gasteiger partial charge in [0.2, 0.25) is 15.2 Å². The summed E-state index contributed by atoms with van der Waals surface area (Å²) in [6.45, 7) is 4.10. The predicted octanol–water partition coefficient (Wildman–Crippen LogP) is 4.02. The standard InChI is InChI=1S/C22H24N4O4S3/c1-15(2)13-31-22-25-24-21(32-22)23-20(27)19-12-26(17-10-6-7-11-18(17)30-19)33(28,29)14-16-8-4-3-5-9-16/h3-11,15,19H,12-14H2,1-2H3,(H,23,24,27)/t19-/m0/s1. The molecule has 0 bridgehead atoms. The van der Waals surface area contributed by atoms with Gasteiger partial charge in [0.1, 0.15) is 5.75 Å². The number of benzene rings is 2. The van der Waals surface area contributed by atoms with Gasteiger partial charge in [-0.3, -0.25) is 14.4 Å². The van der Waals surface area contributed by atoms with E-state index >= 15 is 0 Å². The number of rotatable bonds is 8. The minimum atomic E-state index is -3.76. The van der Waals surface area contributed by atoms with E-state index in [0.717, 1.165) is 10.1 Å². The molecule has 4 rings (SSSR count). The topological polar surface area (TPSA) is 101 Å². The molecule has 0 fully saturated rings. The number of carbonyl (C=O) groups is 1. The van der Waals surface area contributed by atoms with Crippen molar-refractivity contribution in [2.75, 3.05) is 21.9 Å². The molecule has 8 nitrogen and oxygen atoms in total. The summed E-state index contributed by atoms with van der Waals surface area (Å²) in [4.78, 5) is 13.0. The molecule has 2 heterocycles. The van der Waals surface area contributed by atoms with Crippen molar-refractivity contribution in [3.63, 3.8) is 0 Å². The van der Waals surface area contributed by atoms with Crippen LogP contribution in [-0.2, 0) is 20.6 Å². The first-order valence-electron chi connectivity index (χ1n) is 10.4. The SMILES string of the molecule is CC(C)CSc1nnc(NC(=O)[C@@H]2CN(S(=O)(=O)Cc3ccccc3)c3ccccc3O2)s1. The smallest absolute Gasteiger partial charge is 0.269 e. The number of sulfonamides is 1. The van der Waals surface area contributed by atoms with Crippen molar-refractivity contribution >= 4 is 49.8 Å². The summed E-state index contributed by atoms with van der Waals surface area (Å²) in [7, 11) is -3.76. The van der Waals surface area contributed by atoms with E-state index in [0.29, 0.717) is 28.0 Å². The van der Waals surface area contributed by atoms with Crippen LogP contribution < -0.4 is 14.4 Å². The minimum absolute atomic E-state index is 0.133. The zero-order chi connectivity index (χ0) is 23.4. The molecule has 1 atom stereocenters. The Morgan fingerprint density at radius 2 is 1.91 bits per heavy atom. The molecule has 1 N–H and O–H groups in total. The van der Waals surface area contributed by atoms with Crippen molar-refractivity contribution in [2.24, 2.45) is 5.92 Å². The van der Waals surface area contributed by atoms with Gasteiger partial charge in [-0.1, -0.05) is 79.4 Å². The second-order valence-electron chi connectivity index (χ2n) is 7.91. The first-order valence-corrected chi connectivity index (χ1v) is 13.8. The fourth-order valence-electron chi connectivity index (χ4n) is 3.21. The van der Waals surface area contributed by atoms with Gasteiger partial charge in [-0.05, 0) is 23.6 Å². The van der Waals surface area contributed by atoms with Crippen molar-refractivity contribution in [2.45, 2.75) is 30.0 Å². The quantitative estimate of drug-likeness (QED) is 0.365. The second kappa shape index (κ2) is 10.1. The number of fused-ring (bicyclic) bond motifs is 1. The van der Waals surface area contributed by atoms with Crippen molar-refractivity contribution in [1.29, 1.82) is 0 Å². The average Bonchev–Trinajstić information content (AvgIpc) is 3.24. The summed E-state index contributed by atoms with van der Waals surface area (Å²) < 4.78 is 34.5. The number of amides is 1. The van der Waals surface area contributed by atoms with E-state index in [1.54, 1.807) is 60.3 Å². The van der Waals surface area contributed by atoms with Gasteiger partial charge in [-0.2, -0.15) is 0 Å². The van der Waals surface area contributed by atoms with Gasteiger partial charge in [-0.15, -0.1) is 10.2 Å². The summed E-state index contributed by atoms with van der Waals surface area (Å²) >= 11 is 2.86. The molecule has 2 aromatic carbocycles. The number of hydrogen-bond acceptors (Lipinski definition) is 8. The van der Waals surface area contributed by atoms with Gasteiger partial charge in [0.05, 0.1) is 18.0 Å². The summed E-state index contributed by atoms with van der Waals surface area (Å²) in [6.07, 6.45) is -1.03. The van der Waals surface area contributed by atoms with Gasteiger partial charge in [-0.25, -0.2) is 8.42 Å². The molecule has 0 spiro atoms. The maximum atomic E-state index is 13.3. The highest BCUT2D eigenvalue weighted by Gasteiger charge is 2.37. The molecule has 0 aliphatic carbocycles. The molecular formula is C22H24N4O4S3. The molecule has 3 aromatic rings. The maximum Gasteiger partial charge on any atom is 0.269 e. The van der Waals surface area contributed by atoms with Crippen molar-refractivity contribution in [1.82, 2.24) is 10.2 Å². The van der Waals surface area contributed by atoms with Gasteiger partial charge >= 0.3 is 0 Å². The van der Waals surface area contributed by atoms with Gasteiger partial charge in [0.15, 0.2) is 10.4 Å². The van der Waals surface area contributed by atoms with Crippen LogP contribution in [0.4, 0.5) is 10.8 Å². The Morgan fingerprint density at radius 1 is 1.18 bits per heavy atom. The lowest BCUT2D eigenvalue weighted by Crippen LogP contribution is -2.49. The van der Waals surface area contributed by atoms with Crippen LogP contribution in [0.15, 0.2) is 58.9 Å². The number of hydrogen-bond donors (Lipinski definition) is 1. The van der Waals surface area contributed by atoms with Crippen LogP contribution >= 0.6 is 23.1 Å². The third-order valence-electron chi connectivity index (χ3n) is 4.73.